The maximum atomic E-state index is 5.86. The summed E-state index contributed by atoms with van der Waals surface area (Å²) in [7, 11) is 0. The van der Waals surface area contributed by atoms with Gasteiger partial charge in [-0.2, -0.15) is 0 Å². The Bertz CT molecular complexity index is 219. The minimum absolute atomic E-state index is 0.128. The predicted molar refractivity (Wildman–Crippen MR) is 52.8 cm³/mol. The highest BCUT2D eigenvalue weighted by Crippen LogP contribution is 2.47. The Morgan fingerprint density at radius 3 is 2.43 bits per heavy atom. The predicted octanol–water partition coefficient (Wildman–Crippen LogP) is 2.30. The summed E-state index contributed by atoms with van der Waals surface area (Å²) < 4.78 is 17.3. The molecule has 5 atom stereocenters. The molecule has 2 heterocycles. The molecule has 0 aromatic rings. The Hall–Kier alpha value is -0.120. The normalized spacial score (nSPS) is 52.3. The largest absolute Gasteiger partial charge is 0.346 e. The van der Waals surface area contributed by atoms with Crippen LogP contribution in [-0.2, 0) is 14.2 Å². The number of hydrogen-bond donors (Lipinski definition) is 0. The van der Waals surface area contributed by atoms with Gasteiger partial charge in [0.15, 0.2) is 12.6 Å². The van der Waals surface area contributed by atoms with Crippen LogP contribution in [0, 0.1) is 5.92 Å². The molecule has 5 unspecified atom stereocenters. The van der Waals surface area contributed by atoms with Gasteiger partial charge in [0.2, 0.25) is 0 Å². The first-order valence-corrected chi connectivity index (χ1v) is 5.60. The number of fused-ring (bicyclic) bond motifs is 1. The van der Waals surface area contributed by atoms with Gasteiger partial charge in [-0.1, -0.05) is 13.8 Å². The van der Waals surface area contributed by atoms with Crippen molar-refractivity contribution in [2.75, 3.05) is 0 Å². The smallest absolute Gasteiger partial charge is 0.190 e. The van der Waals surface area contributed by atoms with Gasteiger partial charge in [-0.15, -0.1) is 0 Å². The van der Waals surface area contributed by atoms with Gasteiger partial charge in [-0.25, -0.2) is 0 Å². The molecule has 0 bridgehead atoms. The van der Waals surface area contributed by atoms with Crippen LogP contribution in [-0.4, -0.2) is 24.3 Å². The highest BCUT2D eigenvalue weighted by molar-refractivity contribution is 4.99. The third-order valence-electron chi connectivity index (χ3n) is 3.53. The Balaban J connectivity index is 2.19. The zero-order valence-electron chi connectivity index (χ0n) is 9.45. The summed E-state index contributed by atoms with van der Waals surface area (Å²) in [6.07, 6.45) is 2.12. The van der Waals surface area contributed by atoms with E-state index in [1.165, 1.54) is 0 Å². The van der Waals surface area contributed by atoms with Gasteiger partial charge in [0, 0.05) is 5.92 Å². The van der Waals surface area contributed by atoms with Crippen molar-refractivity contribution in [3.8, 4) is 0 Å². The van der Waals surface area contributed by atoms with Crippen molar-refractivity contribution >= 4 is 0 Å². The van der Waals surface area contributed by atoms with E-state index in [0.29, 0.717) is 12.0 Å². The van der Waals surface area contributed by atoms with E-state index in [0.717, 1.165) is 12.8 Å². The maximum absolute atomic E-state index is 5.86. The van der Waals surface area contributed by atoms with Crippen LogP contribution in [0.1, 0.15) is 40.5 Å². The number of hydrogen-bond acceptors (Lipinski definition) is 3. The molecule has 82 valence electrons. The summed E-state index contributed by atoms with van der Waals surface area (Å²) in [6.45, 7) is 8.39. The first-order chi connectivity index (χ1) is 6.61. The van der Waals surface area contributed by atoms with Gasteiger partial charge < -0.3 is 14.2 Å². The molecule has 2 fully saturated rings. The fraction of sp³-hybridized carbons (Fsp3) is 1.00. The molecule has 2 aliphatic heterocycles. The standard InChI is InChI=1S/C11H20O3/c1-5-8-9(6-2)13-10-11(8,4)14-7(3)12-10/h7-10H,5-6H2,1-4H3. The minimum Gasteiger partial charge on any atom is -0.346 e. The van der Waals surface area contributed by atoms with Gasteiger partial charge in [-0.05, 0) is 26.7 Å². The molecule has 0 aliphatic carbocycles. The van der Waals surface area contributed by atoms with Gasteiger partial charge in [0.1, 0.15) is 5.60 Å². The van der Waals surface area contributed by atoms with E-state index in [-0.39, 0.29) is 18.2 Å². The van der Waals surface area contributed by atoms with Gasteiger partial charge in [-0.3, -0.25) is 0 Å². The van der Waals surface area contributed by atoms with Crippen molar-refractivity contribution in [1.29, 1.82) is 0 Å². The monoisotopic (exact) mass is 200 g/mol. The van der Waals surface area contributed by atoms with E-state index in [2.05, 4.69) is 20.8 Å². The van der Waals surface area contributed by atoms with Crippen molar-refractivity contribution in [2.24, 2.45) is 5.92 Å². The van der Waals surface area contributed by atoms with Crippen LogP contribution in [0.15, 0.2) is 0 Å². The van der Waals surface area contributed by atoms with Crippen LogP contribution in [0.25, 0.3) is 0 Å². The molecular weight excluding hydrogens is 180 g/mol. The summed E-state index contributed by atoms with van der Waals surface area (Å²) in [5.41, 5.74) is -0.227. The lowest BCUT2D eigenvalue weighted by Gasteiger charge is -2.28. The Kier molecular flexibility index (Phi) is 2.58. The van der Waals surface area contributed by atoms with Gasteiger partial charge in [0.05, 0.1) is 6.10 Å². The second kappa shape index (κ2) is 3.47. The van der Waals surface area contributed by atoms with Crippen molar-refractivity contribution in [1.82, 2.24) is 0 Å². The van der Waals surface area contributed by atoms with Gasteiger partial charge >= 0.3 is 0 Å². The van der Waals surface area contributed by atoms with Crippen LogP contribution in [0.5, 0.6) is 0 Å². The van der Waals surface area contributed by atoms with Crippen molar-refractivity contribution < 1.29 is 14.2 Å². The zero-order chi connectivity index (χ0) is 10.3. The van der Waals surface area contributed by atoms with Crippen LogP contribution < -0.4 is 0 Å². The average molecular weight is 200 g/mol. The quantitative estimate of drug-likeness (QED) is 0.684. The average Bonchev–Trinajstić information content (AvgIpc) is 2.53. The van der Waals surface area contributed by atoms with E-state index in [1.54, 1.807) is 0 Å². The molecule has 2 aliphatic rings. The molecule has 14 heavy (non-hydrogen) atoms. The molecule has 0 N–H and O–H groups in total. The summed E-state index contributed by atoms with van der Waals surface area (Å²) in [6, 6.07) is 0. The summed E-state index contributed by atoms with van der Waals surface area (Å²) in [5.74, 6) is 0.461. The molecule has 0 amide bonds. The molecule has 3 heteroatoms. The van der Waals surface area contributed by atoms with E-state index in [9.17, 15) is 0 Å². The lowest BCUT2D eigenvalue weighted by molar-refractivity contribution is -0.155. The maximum Gasteiger partial charge on any atom is 0.190 e. The topological polar surface area (TPSA) is 27.7 Å². The first kappa shape index (κ1) is 10.4. The molecule has 0 radical (unpaired) electrons. The minimum atomic E-state index is -0.227. The van der Waals surface area contributed by atoms with E-state index in [4.69, 9.17) is 14.2 Å². The molecule has 0 spiro atoms. The number of rotatable bonds is 2. The second-order valence-electron chi connectivity index (χ2n) is 4.43. The van der Waals surface area contributed by atoms with E-state index in [1.807, 2.05) is 6.92 Å². The van der Waals surface area contributed by atoms with Crippen LogP contribution in [0.2, 0.25) is 0 Å². The fourth-order valence-corrected chi connectivity index (χ4v) is 2.85. The van der Waals surface area contributed by atoms with Crippen molar-refractivity contribution in [2.45, 2.75) is 64.8 Å². The highest BCUT2D eigenvalue weighted by Gasteiger charge is 2.58. The van der Waals surface area contributed by atoms with Crippen molar-refractivity contribution in [3.05, 3.63) is 0 Å². The molecular formula is C11H20O3. The number of ether oxygens (including phenoxy) is 3. The fourth-order valence-electron chi connectivity index (χ4n) is 2.85. The van der Waals surface area contributed by atoms with E-state index >= 15 is 0 Å². The lowest BCUT2D eigenvalue weighted by atomic mass is 9.84. The summed E-state index contributed by atoms with van der Waals surface area (Å²) in [5, 5.41) is 0. The summed E-state index contributed by atoms with van der Waals surface area (Å²) >= 11 is 0. The Morgan fingerprint density at radius 2 is 1.86 bits per heavy atom. The second-order valence-corrected chi connectivity index (χ2v) is 4.43. The lowest BCUT2D eigenvalue weighted by Crippen LogP contribution is -2.39. The summed E-state index contributed by atoms with van der Waals surface area (Å²) in [4.78, 5) is 0. The highest BCUT2D eigenvalue weighted by atomic mass is 16.8. The third kappa shape index (κ3) is 1.30. The van der Waals surface area contributed by atoms with Crippen molar-refractivity contribution in [3.63, 3.8) is 0 Å². The van der Waals surface area contributed by atoms with E-state index < -0.39 is 0 Å². The molecule has 0 aromatic carbocycles. The van der Waals surface area contributed by atoms with Crippen LogP contribution >= 0.6 is 0 Å². The first-order valence-electron chi connectivity index (χ1n) is 5.60. The molecule has 3 nitrogen and oxygen atoms in total. The molecule has 0 aromatic heterocycles. The van der Waals surface area contributed by atoms with Crippen LogP contribution in [0.3, 0.4) is 0 Å². The zero-order valence-corrected chi connectivity index (χ0v) is 9.45. The molecule has 0 saturated carbocycles. The Morgan fingerprint density at radius 1 is 1.14 bits per heavy atom. The Labute approximate surface area is 85.7 Å². The molecule has 2 saturated heterocycles. The SMILES string of the molecule is CCC1OC2OC(C)OC2(C)C1CC. The third-order valence-corrected chi connectivity index (χ3v) is 3.53. The van der Waals surface area contributed by atoms with Crippen LogP contribution in [0.4, 0.5) is 0 Å². The molecule has 2 rings (SSSR count). The van der Waals surface area contributed by atoms with Gasteiger partial charge in [0.25, 0.3) is 0 Å².